The van der Waals surface area contributed by atoms with Crippen LogP contribution in [-0.4, -0.2) is 5.11 Å². The molecule has 0 fully saturated rings. The average molecular weight is 254 g/mol. The number of unbranched alkanes of at least 4 members (excludes halogenated alkanes) is 8. The molecule has 0 spiro atoms. The fourth-order valence-corrected chi connectivity index (χ4v) is 2.42. The van der Waals surface area contributed by atoms with Gasteiger partial charge in [-0.15, -0.1) is 0 Å². The summed E-state index contributed by atoms with van der Waals surface area (Å²) in [6.07, 6.45) is 19.2. The van der Waals surface area contributed by atoms with Gasteiger partial charge in [0.2, 0.25) is 0 Å². The van der Waals surface area contributed by atoms with Crippen LogP contribution in [0.25, 0.3) is 0 Å². The van der Waals surface area contributed by atoms with Crippen molar-refractivity contribution in [2.45, 2.75) is 90.9 Å². The molecule has 1 nitrogen and oxygen atoms in total. The van der Waals surface area contributed by atoms with E-state index >= 15 is 0 Å². The fourth-order valence-electron chi connectivity index (χ4n) is 2.42. The molecule has 1 N–H and O–H groups in total. The highest BCUT2D eigenvalue weighted by atomic mass is 16.2. The van der Waals surface area contributed by atoms with Crippen molar-refractivity contribution in [1.29, 1.82) is 0 Å². The van der Waals surface area contributed by atoms with Crippen molar-refractivity contribution in [3.8, 4) is 0 Å². The number of rotatable bonds is 13. The molecule has 0 saturated carbocycles. The SMILES string of the molecule is CCCCCC(C)CCCCCCCC/C=C/O. The van der Waals surface area contributed by atoms with Crippen LogP contribution in [0.4, 0.5) is 0 Å². The van der Waals surface area contributed by atoms with Gasteiger partial charge in [-0.05, 0) is 18.8 Å². The van der Waals surface area contributed by atoms with E-state index in [0.717, 1.165) is 12.3 Å². The second-order valence-corrected chi connectivity index (χ2v) is 5.68. The number of hydrogen-bond acceptors (Lipinski definition) is 1. The molecule has 18 heavy (non-hydrogen) atoms. The summed E-state index contributed by atoms with van der Waals surface area (Å²) in [4.78, 5) is 0. The van der Waals surface area contributed by atoms with Gasteiger partial charge in [-0.25, -0.2) is 0 Å². The minimum atomic E-state index is 0.936. The number of aliphatic hydroxyl groups is 1. The zero-order valence-electron chi connectivity index (χ0n) is 12.7. The Balaban J connectivity index is 3.10. The Hall–Kier alpha value is -0.460. The topological polar surface area (TPSA) is 20.2 Å². The zero-order valence-corrected chi connectivity index (χ0v) is 12.7. The first kappa shape index (κ1) is 17.5. The summed E-state index contributed by atoms with van der Waals surface area (Å²) in [5.74, 6) is 0.936. The van der Waals surface area contributed by atoms with E-state index in [9.17, 15) is 0 Å². The molecular weight excluding hydrogens is 220 g/mol. The molecule has 1 unspecified atom stereocenters. The van der Waals surface area contributed by atoms with Gasteiger partial charge in [0.05, 0.1) is 6.26 Å². The predicted octanol–water partition coefficient (Wildman–Crippen LogP) is 6.40. The summed E-state index contributed by atoms with van der Waals surface area (Å²) in [7, 11) is 0. The molecule has 0 aromatic rings. The lowest BCUT2D eigenvalue weighted by Gasteiger charge is -2.10. The molecule has 0 amide bonds. The molecule has 108 valence electrons. The molecule has 1 heteroatoms. The van der Waals surface area contributed by atoms with Gasteiger partial charge in [0.1, 0.15) is 0 Å². The largest absolute Gasteiger partial charge is 0.516 e. The second kappa shape index (κ2) is 14.6. The standard InChI is InChI=1S/C17H34O/c1-3-4-11-14-17(2)15-12-9-7-5-6-8-10-13-16-18/h13,16-18H,3-12,14-15H2,1-2H3/b16-13+. The zero-order chi connectivity index (χ0) is 13.5. The third-order valence-electron chi connectivity index (χ3n) is 3.72. The minimum absolute atomic E-state index is 0.936. The molecule has 0 aliphatic rings. The molecule has 0 aliphatic heterocycles. The van der Waals surface area contributed by atoms with Crippen molar-refractivity contribution < 1.29 is 5.11 Å². The van der Waals surface area contributed by atoms with Crippen LogP contribution in [0.5, 0.6) is 0 Å². The molecular formula is C17H34O. The summed E-state index contributed by atoms with van der Waals surface area (Å²) >= 11 is 0. The first-order valence-corrected chi connectivity index (χ1v) is 8.10. The Morgan fingerprint density at radius 2 is 1.39 bits per heavy atom. The van der Waals surface area contributed by atoms with E-state index in [4.69, 9.17) is 5.11 Å². The maximum absolute atomic E-state index is 8.49. The van der Waals surface area contributed by atoms with E-state index in [2.05, 4.69) is 13.8 Å². The van der Waals surface area contributed by atoms with Gasteiger partial charge < -0.3 is 5.11 Å². The van der Waals surface area contributed by atoms with E-state index < -0.39 is 0 Å². The van der Waals surface area contributed by atoms with Gasteiger partial charge in [0.25, 0.3) is 0 Å². The quantitative estimate of drug-likeness (QED) is 0.298. The maximum Gasteiger partial charge on any atom is 0.0751 e. The summed E-state index contributed by atoms with van der Waals surface area (Å²) in [5, 5.41) is 8.49. The van der Waals surface area contributed by atoms with Crippen molar-refractivity contribution in [3.63, 3.8) is 0 Å². The summed E-state index contributed by atoms with van der Waals surface area (Å²) in [6.45, 7) is 4.69. The highest BCUT2D eigenvalue weighted by Crippen LogP contribution is 2.17. The Bertz CT molecular complexity index is 174. The van der Waals surface area contributed by atoms with Crippen LogP contribution >= 0.6 is 0 Å². The van der Waals surface area contributed by atoms with Crippen LogP contribution in [0.2, 0.25) is 0 Å². The Kier molecular flexibility index (Phi) is 14.2. The number of aliphatic hydroxyl groups excluding tert-OH is 1. The molecule has 0 bridgehead atoms. The third kappa shape index (κ3) is 13.6. The van der Waals surface area contributed by atoms with Gasteiger partial charge in [0, 0.05) is 0 Å². The lowest BCUT2D eigenvalue weighted by molar-refractivity contribution is 0.436. The molecule has 0 saturated heterocycles. The lowest BCUT2D eigenvalue weighted by Crippen LogP contribution is -1.94. The summed E-state index contributed by atoms with van der Waals surface area (Å²) in [6, 6.07) is 0. The van der Waals surface area contributed by atoms with Crippen LogP contribution in [0.3, 0.4) is 0 Å². The molecule has 0 aliphatic carbocycles. The molecule has 0 aromatic carbocycles. The smallest absolute Gasteiger partial charge is 0.0751 e. The molecule has 0 rings (SSSR count). The van der Waals surface area contributed by atoms with E-state index in [1.807, 2.05) is 6.08 Å². The van der Waals surface area contributed by atoms with Crippen molar-refractivity contribution >= 4 is 0 Å². The van der Waals surface area contributed by atoms with Gasteiger partial charge >= 0.3 is 0 Å². The van der Waals surface area contributed by atoms with Crippen LogP contribution < -0.4 is 0 Å². The van der Waals surface area contributed by atoms with Gasteiger partial charge in [0.15, 0.2) is 0 Å². The molecule has 0 heterocycles. The first-order chi connectivity index (χ1) is 8.81. The van der Waals surface area contributed by atoms with Crippen LogP contribution in [0.15, 0.2) is 12.3 Å². The van der Waals surface area contributed by atoms with Crippen LogP contribution in [-0.2, 0) is 0 Å². The number of allylic oxidation sites excluding steroid dienone is 1. The maximum atomic E-state index is 8.49. The third-order valence-corrected chi connectivity index (χ3v) is 3.72. The normalized spacial score (nSPS) is 13.2. The summed E-state index contributed by atoms with van der Waals surface area (Å²) in [5.41, 5.74) is 0. The Morgan fingerprint density at radius 3 is 2.00 bits per heavy atom. The average Bonchev–Trinajstić information content (AvgIpc) is 2.37. The van der Waals surface area contributed by atoms with Gasteiger partial charge in [-0.2, -0.15) is 0 Å². The van der Waals surface area contributed by atoms with Gasteiger partial charge in [-0.1, -0.05) is 84.1 Å². The highest BCUT2D eigenvalue weighted by Gasteiger charge is 2.01. The predicted molar refractivity (Wildman–Crippen MR) is 82.0 cm³/mol. The molecule has 0 aromatic heterocycles. The van der Waals surface area contributed by atoms with Crippen molar-refractivity contribution in [2.75, 3.05) is 0 Å². The Labute approximate surface area is 115 Å². The Morgan fingerprint density at radius 1 is 0.833 bits per heavy atom. The van der Waals surface area contributed by atoms with Crippen molar-refractivity contribution in [2.24, 2.45) is 5.92 Å². The highest BCUT2D eigenvalue weighted by molar-refractivity contribution is 4.70. The van der Waals surface area contributed by atoms with E-state index in [1.165, 1.54) is 76.9 Å². The molecule has 1 atom stereocenters. The van der Waals surface area contributed by atoms with E-state index in [0.29, 0.717) is 0 Å². The van der Waals surface area contributed by atoms with E-state index in [-0.39, 0.29) is 0 Å². The van der Waals surface area contributed by atoms with Crippen molar-refractivity contribution in [3.05, 3.63) is 12.3 Å². The van der Waals surface area contributed by atoms with Gasteiger partial charge in [-0.3, -0.25) is 0 Å². The van der Waals surface area contributed by atoms with Crippen LogP contribution in [0, 0.1) is 5.92 Å². The first-order valence-electron chi connectivity index (χ1n) is 8.10. The monoisotopic (exact) mass is 254 g/mol. The molecule has 0 radical (unpaired) electrons. The van der Waals surface area contributed by atoms with E-state index in [1.54, 1.807) is 0 Å². The fraction of sp³-hybridized carbons (Fsp3) is 0.882. The second-order valence-electron chi connectivity index (χ2n) is 5.68. The number of hydrogen-bond donors (Lipinski definition) is 1. The van der Waals surface area contributed by atoms with Crippen LogP contribution in [0.1, 0.15) is 90.9 Å². The summed E-state index contributed by atoms with van der Waals surface area (Å²) < 4.78 is 0. The lowest BCUT2D eigenvalue weighted by atomic mass is 9.96. The minimum Gasteiger partial charge on any atom is -0.516 e. The van der Waals surface area contributed by atoms with Crippen molar-refractivity contribution in [1.82, 2.24) is 0 Å².